The summed E-state index contributed by atoms with van der Waals surface area (Å²) in [4.78, 5) is 6.90. The molecule has 0 aromatic heterocycles. The lowest BCUT2D eigenvalue weighted by molar-refractivity contribution is 0.187. The second kappa shape index (κ2) is 9.81. The van der Waals surface area contributed by atoms with E-state index in [-0.39, 0.29) is 0 Å². The number of rotatable bonds is 7. The topological polar surface area (TPSA) is 48.9 Å². The molecule has 1 aromatic rings. The van der Waals surface area contributed by atoms with E-state index in [0.29, 0.717) is 0 Å². The Bertz CT molecular complexity index is 594. The number of nitrogens with zero attached hydrogens (tertiary/aromatic N) is 2. The van der Waals surface area contributed by atoms with Gasteiger partial charge in [-0.25, -0.2) is 0 Å². The summed E-state index contributed by atoms with van der Waals surface area (Å²) in [7, 11) is 1.85. The molecule has 0 aliphatic carbocycles. The summed E-state index contributed by atoms with van der Waals surface area (Å²) >= 11 is 0. The van der Waals surface area contributed by atoms with E-state index in [2.05, 4.69) is 45.6 Å². The number of nitrogens with one attached hydrogen (secondary N) is 2. The summed E-state index contributed by atoms with van der Waals surface area (Å²) < 4.78 is 5.57. The first-order valence-corrected chi connectivity index (χ1v) is 10.2. The minimum Gasteiger partial charge on any atom is -0.493 e. The number of aliphatic imine (C=N–C) groups is 1. The first kappa shape index (κ1) is 19.0. The van der Waals surface area contributed by atoms with Gasteiger partial charge in [-0.1, -0.05) is 19.1 Å². The van der Waals surface area contributed by atoms with Crippen LogP contribution < -0.4 is 15.4 Å². The highest BCUT2D eigenvalue weighted by Gasteiger charge is 2.17. The monoisotopic (exact) mass is 358 g/mol. The van der Waals surface area contributed by atoms with E-state index in [4.69, 9.17) is 4.74 Å². The average Bonchev–Trinajstić information content (AvgIpc) is 3.15. The number of fused-ring (bicyclic) bond motifs is 1. The Morgan fingerprint density at radius 2 is 2.04 bits per heavy atom. The number of likely N-dealkylation sites (tertiary alicyclic amines) is 1. The molecule has 1 fully saturated rings. The summed E-state index contributed by atoms with van der Waals surface area (Å²) in [6.07, 6.45) is 5.96. The van der Waals surface area contributed by atoms with Gasteiger partial charge >= 0.3 is 0 Å². The lowest BCUT2D eigenvalue weighted by atomic mass is 9.93. The van der Waals surface area contributed by atoms with Crippen molar-refractivity contribution in [1.82, 2.24) is 15.5 Å². The molecule has 0 atom stereocenters. The molecule has 0 amide bonds. The van der Waals surface area contributed by atoms with Crippen LogP contribution in [-0.2, 0) is 12.8 Å². The molecule has 0 unspecified atom stereocenters. The molecule has 2 aliphatic heterocycles. The highest BCUT2D eigenvalue weighted by Crippen LogP contribution is 2.25. The lowest BCUT2D eigenvalue weighted by Gasteiger charge is -2.31. The Morgan fingerprint density at radius 1 is 1.23 bits per heavy atom. The normalized spacial score (nSPS) is 18.5. The van der Waals surface area contributed by atoms with Crippen molar-refractivity contribution in [3.63, 3.8) is 0 Å². The summed E-state index contributed by atoms with van der Waals surface area (Å²) in [6, 6.07) is 6.56. The van der Waals surface area contributed by atoms with E-state index in [9.17, 15) is 0 Å². The summed E-state index contributed by atoms with van der Waals surface area (Å²) in [5, 5.41) is 6.91. The van der Waals surface area contributed by atoms with E-state index < -0.39 is 0 Å². The molecular weight excluding hydrogens is 324 g/mol. The molecule has 0 spiro atoms. The maximum absolute atomic E-state index is 5.57. The number of piperidine rings is 1. The molecule has 2 aliphatic rings. The molecule has 0 radical (unpaired) electrons. The molecule has 0 bridgehead atoms. The first-order valence-electron chi connectivity index (χ1n) is 10.2. The third-order valence-corrected chi connectivity index (χ3v) is 5.68. The Kier molecular flexibility index (Phi) is 7.18. The number of hydrogen-bond acceptors (Lipinski definition) is 3. The molecule has 5 heteroatoms. The van der Waals surface area contributed by atoms with E-state index in [1.165, 1.54) is 50.0 Å². The van der Waals surface area contributed by atoms with Crippen LogP contribution in [0.15, 0.2) is 23.2 Å². The smallest absolute Gasteiger partial charge is 0.190 e. The maximum atomic E-state index is 5.57. The van der Waals surface area contributed by atoms with Gasteiger partial charge in [0, 0.05) is 26.6 Å². The fourth-order valence-electron chi connectivity index (χ4n) is 3.93. The summed E-state index contributed by atoms with van der Waals surface area (Å²) in [5.41, 5.74) is 2.71. The Balaban J connectivity index is 1.32. The first-order chi connectivity index (χ1) is 12.8. The zero-order chi connectivity index (χ0) is 18.2. The Labute approximate surface area is 158 Å². The van der Waals surface area contributed by atoms with Crippen LogP contribution in [0.1, 0.15) is 37.3 Å². The Hall–Kier alpha value is -1.75. The van der Waals surface area contributed by atoms with E-state index >= 15 is 0 Å². The van der Waals surface area contributed by atoms with Gasteiger partial charge in [-0.05, 0) is 68.4 Å². The van der Waals surface area contributed by atoms with Crippen LogP contribution in [0.2, 0.25) is 0 Å². The minimum absolute atomic E-state index is 0.824. The highest BCUT2D eigenvalue weighted by atomic mass is 16.5. The average molecular weight is 359 g/mol. The van der Waals surface area contributed by atoms with E-state index in [0.717, 1.165) is 50.2 Å². The van der Waals surface area contributed by atoms with Gasteiger partial charge < -0.3 is 20.3 Å². The van der Waals surface area contributed by atoms with Crippen molar-refractivity contribution in [2.75, 3.05) is 46.4 Å². The highest BCUT2D eigenvalue weighted by molar-refractivity contribution is 5.79. The van der Waals surface area contributed by atoms with Gasteiger partial charge in [-0.3, -0.25) is 4.99 Å². The van der Waals surface area contributed by atoms with Crippen molar-refractivity contribution in [3.05, 3.63) is 29.3 Å². The third-order valence-electron chi connectivity index (χ3n) is 5.68. The fraction of sp³-hybridized carbons (Fsp3) is 0.667. The predicted molar refractivity (Wildman–Crippen MR) is 108 cm³/mol. The lowest BCUT2D eigenvalue weighted by Crippen LogP contribution is -2.40. The molecule has 26 heavy (non-hydrogen) atoms. The van der Waals surface area contributed by atoms with Crippen molar-refractivity contribution in [2.45, 2.75) is 39.0 Å². The predicted octanol–water partition coefficient (Wildman–Crippen LogP) is 2.45. The number of guanidine groups is 1. The SMILES string of the molecule is CCN1CCC(CCNC(=NC)NCCc2ccc3c(c2)CCO3)CC1. The van der Waals surface area contributed by atoms with Gasteiger partial charge in [-0.2, -0.15) is 0 Å². The Morgan fingerprint density at radius 3 is 2.81 bits per heavy atom. The van der Waals surface area contributed by atoms with Crippen molar-refractivity contribution in [2.24, 2.45) is 10.9 Å². The standard InChI is InChI=1S/C21H34N4O/c1-3-25-13-8-17(9-14-25)6-11-23-21(22-2)24-12-7-18-4-5-20-19(16-18)10-15-26-20/h4-5,16-17H,3,6-15H2,1-2H3,(H2,22,23,24). The van der Waals surface area contributed by atoms with Crippen LogP contribution >= 0.6 is 0 Å². The van der Waals surface area contributed by atoms with Crippen molar-refractivity contribution < 1.29 is 4.74 Å². The summed E-state index contributed by atoms with van der Waals surface area (Å²) in [6.45, 7) is 8.71. The van der Waals surface area contributed by atoms with Crippen molar-refractivity contribution >= 4 is 5.96 Å². The molecule has 5 nitrogen and oxygen atoms in total. The van der Waals surface area contributed by atoms with Crippen LogP contribution in [0.5, 0.6) is 5.75 Å². The van der Waals surface area contributed by atoms with Crippen molar-refractivity contribution in [3.8, 4) is 5.75 Å². The van der Waals surface area contributed by atoms with E-state index in [1.54, 1.807) is 0 Å². The number of benzene rings is 1. The molecule has 2 N–H and O–H groups in total. The molecule has 1 saturated heterocycles. The van der Waals surface area contributed by atoms with Crippen LogP contribution in [0.4, 0.5) is 0 Å². The molecule has 0 saturated carbocycles. The van der Waals surface area contributed by atoms with Gasteiger partial charge in [0.2, 0.25) is 0 Å². The van der Waals surface area contributed by atoms with Gasteiger partial charge in [0.1, 0.15) is 5.75 Å². The minimum atomic E-state index is 0.824. The third kappa shape index (κ3) is 5.37. The largest absolute Gasteiger partial charge is 0.493 e. The van der Waals surface area contributed by atoms with Crippen LogP contribution in [0.3, 0.4) is 0 Å². The summed E-state index contributed by atoms with van der Waals surface area (Å²) in [5.74, 6) is 2.83. The van der Waals surface area contributed by atoms with Gasteiger partial charge in [0.25, 0.3) is 0 Å². The molecular formula is C21H34N4O. The van der Waals surface area contributed by atoms with E-state index in [1.807, 2.05) is 7.05 Å². The second-order valence-corrected chi connectivity index (χ2v) is 7.38. The molecule has 144 valence electrons. The zero-order valence-corrected chi connectivity index (χ0v) is 16.4. The van der Waals surface area contributed by atoms with Crippen LogP contribution in [-0.4, -0.2) is 57.2 Å². The van der Waals surface area contributed by atoms with Gasteiger partial charge in [0.05, 0.1) is 6.61 Å². The van der Waals surface area contributed by atoms with Gasteiger partial charge in [0.15, 0.2) is 5.96 Å². The van der Waals surface area contributed by atoms with Crippen LogP contribution in [0, 0.1) is 5.92 Å². The zero-order valence-electron chi connectivity index (χ0n) is 16.4. The molecule has 3 rings (SSSR count). The second-order valence-electron chi connectivity index (χ2n) is 7.38. The van der Waals surface area contributed by atoms with Crippen molar-refractivity contribution in [1.29, 1.82) is 0 Å². The number of ether oxygens (including phenoxy) is 1. The fourth-order valence-corrected chi connectivity index (χ4v) is 3.93. The maximum Gasteiger partial charge on any atom is 0.190 e. The quantitative estimate of drug-likeness (QED) is 0.581. The van der Waals surface area contributed by atoms with Crippen LogP contribution in [0.25, 0.3) is 0 Å². The number of hydrogen-bond donors (Lipinski definition) is 2. The molecule has 1 aromatic carbocycles. The molecule has 2 heterocycles. The van der Waals surface area contributed by atoms with Gasteiger partial charge in [-0.15, -0.1) is 0 Å².